The maximum atomic E-state index is 13.6. The molecule has 0 unspecified atom stereocenters. The predicted octanol–water partition coefficient (Wildman–Crippen LogP) is 6.41. The Morgan fingerprint density at radius 2 is 1.76 bits per heavy atom. The highest BCUT2D eigenvalue weighted by atomic mass is 35.5. The molecule has 1 aliphatic heterocycles. The minimum Gasteiger partial charge on any atom is -0.460 e. The van der Waals surface area contributed by atoms with Crippen LogP contribution in [0, 0.1) is 6.92 Å². The molecule has 9 heteroatoms. The van der Waals surface area contributed by atoms with Crippen molar-refractivity contribution in [2.24, 2.45) is 0 Å². The number of carbonyl (C=O) groups is 3. The summed E-state index contributed by atoms with van der Waals surface area (Å²) in [6.07, 6.45) is 0.0268. The molecule has 0 aliphatic carbocycles. The van der Waals surface area contributed by atoms with Gasteiger partial charge in [-0.25, -0.2) is 4.79 Å². The Hall–Kier alpha value is -3.42. The zero-order chi connectivity index (χ0) is 27.6. The highest BCUT2D eigenvalue weighted by molar-refractivity contribution is 6.37. The first-order valence-corrected chi connectivity index (χ1v) is 12.9. The first kappa shape index (κ1) is 27.6. The van der Waals surface area contributed by atoms with Gasteiger partial charge in [0.2, 0.25) is 0 Å². The number of nitrogens with zero attached hydrogens (tertiary/aromatic N) is 2. The quantitative estimate of drug-likeness (QED) is 0.314. The number of hydrogen-bond donors (Lipinski definition) is 0. The third-order valence-electron chi connectivity index (χ3n) is 5.92. The SMILES string of the molecule is Cc1nc2c(c(-c3ccc(Cl)cc3Cl)c1C(=O)OCc1ccccc1)C(=O)N(CCC(=O)OC(C)(C)C)C2. The molecule has 0 fully saturated rings. The van der Waals surface area contributed by atoms with Crippen LogP contribution in [0.25, 0.3) is 11.1 Å². The number of hydrogen-bond acceptors (Lipinski definition) is 6. The molecule has 0 bridgehead atoms. The molecule has 0 saturated carbocycles. The monoisotopic (exact) mass is 554 g/mol. The van der Waals surface area contributed by atoms with E-state index in [1.54, 1.807) is 45.9 Å². The summed E-state index contributed by atoms with van der Waals surface area (Å²) in [7, 11) is 0. The zero-order valence-electron chi connectivity index (χ0n) is 21.6. The van der Waals surface area contributed by atoms with Gasteiger partial charge in [0.15, 0.2) is 0 Å². The van der Waals surface area contributed by atoms with Crippen molar-refractivity contribution in [3.8, 4) is 11.1 Å². The lowest BCUT2D eigenvalue weighted by Crippen LogP contribution is -2.30. The maximum absolute atomic E-state index is 13.6. The van der Waals surface area contributed by atoms with Crippen LogP contribution in [0.1, 0.15) is 64.9 Å². The summed E-state index contributed by atoms with van der Waals surface area (Å²) in [6.45, 7) is 7.44. The van der Waals surface area contributed by atoms with Crippen molar-refractivity contribution in [1.82, 2.24) is 9.88 Å². The fourth-order valence-corrected chi connectivity index (χ4v) is 4.83. The number of aryl methyl sites for hydroxylation is 1. The van der Waals surface area contributed by atoms with E-state index in [9.17, 15) is 14.4 Å². The summed E-state index contributed by atoms with van der Waals surface area (Å²) in [5.74, 6) is -1.38. The van der Waals surface area contributed by atoms with Gasteiger partial charge in [-0.2, -0.15) is 0 Å². The van der Waals surface area contributed by atoms with Gasteiger partial charge >= 0.3 is 11.9 Å². The smallest absolute Gasteiger partial charge is 0.340 e. The van der Waals surface area contributed by atoms with Crippen LogP contribution in [0.3, 0.4) is 0 Å². The van der Waals surface area contributed by atoms with Crippen LogP contribution in [0.5, 0.6) is 0 Å². The number of ether oxygens (including phenoxy) is 2. The third kappa shape index (κ3) is 6.17. The lowest BCUT2D eigenvalue weighted by atomic mass is 9.93. The van der Waals surface area contributed by atoms with Crippen molar-refractivity contribution < 1.29 is 23.9 Å². The van der Waals surface area contributed by atoms with E-state index in [1.807, 2.05) is 30.3 Å². The van der Waals surface area contributed by atoms with Gasteiger partial charge in [0.05, 0.1) is 35.5 Å². The topological polar surface area (TPSA) is 85.8 Å². The van der Waals surface area contributed by atoms with Crippen LogP contribution in [0.2, 0.25) is 10.0 Å². The van der Waals surface area contributed by atoms with Crippen molar-refractivity contribution in [3.05, 3.63) is 86.7 Å². The number of carbonyl (C=O) groups excluding carboxylic acids is 3. The molecule has 0 saturated heterocycles. The van der Waals surface area contributed by atoms with E-state index in [0.717, 1.165) is 5.56 Å². The van der Waals surface area contributed by atoms with Gasteiger partial charge in [0.25, 0.3) is 5.91 Å². The lowest BCUT2D eigenvalue weighted by molar-refractivity contribution is -0.155. The van der Waals surface area contributed by atoms with Crippen LogP contribution in [0.15, 0.2) is 48.5 Å². The van der Waals surface area contributed by atoms with Gasteiger partial charge in [0.1, 0.15) is 12.2 Å². The number of halogens is 2. The third-order valence-corrected chi connectivity index (χ3v) is 6.47. The fourth-order valence-electron chi connectivity index (χ4n) is 4.33. The number of amides is 1. The van der Waals surface area contributed by atoms with Crippen LogP contribution >= 0.6 is 23.2 Å². The summed E-state index contributed by atoms with van der Waals surface area (Å²) in [6, 6.07) is 14.2. The molecule has 0 atom stereocenters. The van der Waals surface area contributed by atoms with E-state index >= 15 is 0 Å². The van der Waals surface area contributed by atoms with E-state index < -0.39 is 17.5 Å². The van der Waals surface area contributed by atoms with Gasteiger partial charge in [-0.15, -0.1) is 0 Å². The van der Waals surface area contributed by atoms with Crippen molar-refractivity contribution in [3.63, 3.8) is 0 Å². The van der Waals surface area contributed by atoms with Crippen molar-refractivity contribution in [2.75, 3.05) is 6.54 Å². The molecule has 0 radical (unpaired) electrons. The highest BCUT2D eigenvalue weighted by Crippen LogP contribution is 2.40. The number of benzene rings is 2. The number of esters is 2. The Morgan fingerprint density at radius 3 is 2.42 bits per heavy atom. The Kier molecular flexibility index (Phi) is 8.09. The lowest BCUT2D eigenvalue weighted by Gasteiger charge is -2.21. The second-order valence-electron chi connectivity index (χ2n) is 10.0. The molecule has 1 amide bonds. The maximum Gasteiger partial charge on any atom is 0.340 e. The second-order valence-corrected chi connectivity index (χ2v) is 10.9. The Balaban J connectivity index is 1.72. The summed E-state index contributed by atoms with van der Waals surface area (Å²) in [5, 5.41) is 0.696. The molecule has 1 aromatic heterocycles. The summed E-state index contributed by atoms with van der Waals surface area (Å²) in [4.78, 5) is 45.5. The fraction of sp³-hybridized carbons (Fsp3) is 0.310. The average Bonchev–Trinajstić information content (AvgIpc) is 3.15. The highest BCUT2D eigenvalue weighted by Gasteiger charge is 2.36. The number of fused-ring (bicyclic) bond motifs is 1. The molecular formula is C29H28Cl2N2O5. The Morgan fingerprint density at radius 1 is 1.05 bits per heavy atom. The van der Waals surface area contributed by atoms with Crippen LogP contribution < -0.4 is 0 Å². The molecule has 2 heterocycles. The second kappa shape index (κ2) is 11.1. The first-order chi connectivity index (χ1) is 17.9. The van der Waals surface area contributed by atoms with Gasteiger partial charge in [-0.05, 0) is 45.4 Å². The van der Waals surface area contributed by atoms with Gasteiger partial charge in [0, 0.05) is 27.7 Å². The van der Waals surface area contributed by atoms with E-state index in [4.69, 9.17) is 32.7 Å². The molecule has 38 heavy (non-hydrogen) atoms. The molecule has 4 rings (SSSR count). The zero-order valence-corrected chi connectivity index (χ0v) is 23.2. The molecule has 2 aromatic carbocycles. The minimum atomic E-state index is -0.624. The average molecular weight is 555 g/mol. The van der Waals surface area contributed by atoms with Crippen molar-refractivity contribution >= 4 is 41.0 Å². The molecule has 0 spiro atoms. The molecular weight excluding hydrogens is 527 g/mol. The minimum absolute atomic E-state index is 0.0268. The first-order valence-electron chi connectivity index (χ1n) is 12.2. The van der Waals surface area contributed by atoms with Crippen LogP contribution in [0.4, 0.5) is 0 Å². The largest absolute Gasteiger partial charge is 0.460 e. The number of rotatable bonds is 7. The van der Waals surface area contributed by atoms with Crippen LogP contribution in [-0.4, -0.2) is 39.9 Å². The molecule has 1 aliphatic rings. The summed E-state index contributed by atoms with van der Waals surface area (Å²) >= 11 is 12.7. The predicted molar refractivity (Wildman–Crippen MR) is 145 cm³/mol. The normalized spacial score (nSPS) is 12.9. The van der Waals surface area contributed by atoms with E-state index in [2.05, 4.69) is 4.98 Å². The molecule has 0 N–H and O–H groups in total. The van der Waals surface area contributed by atoms with Crippen molar-refractivity contribution in [2.45, 2.75) is 52.9 Å². The van der Waals surface area contributed by atoms with Crippen LogP contribution in [-0.2, 0) is 27.4 Å². The standard InChI is InChI=1S/C29H28Cl2N2O5/c1-17-24(28(36)37-16-18-8-6-5-7-9-18)25(20-11-10-19(30)14-21(20)31)26-22(32-17)15-33(27(26)35)13-12-23(34)38-29(2,3)4/h5-11,14H,12-13,15-16H2,1-4H3. The number of pyridine rings is 1. The van der Waals surface area contributed by atoms with Crippen molar-refractivity contribution in [1.29, 1.82) is 0 Å². The summed E-state index contributed by atoms with van der Waals surface area (Å²) < 4.78 is 11.0. The van der Waals surface area contributed by atoms with E-state index in [1.165, 1.54) is 4.90 Å². The van der Waals surface area contributed by atoms with Gasteiger partial charge in [-0.3, -0.25) is 14.6 Å². The van der Waals surface area contributed by atoms with E-state index in [0.29, 0.717) is 27.5 Å². The molecule has 3 aromatic rings. The summed E-state index contributed by atoms with van der Waals surface area (Å²) in [5.41, 5.74) is 2.33. The Labute approximate surface area is 231 Å². The van der Waals surface area contributed by atoms with E-state index in [-0.39, 0.29) is 48.2 Å². The van der Waals surface area contributed by atoms with Gasteiger partial charge in [-0.1, -0.05) is 59.6 Å². The molecule has 7 nitrogen and oxygen atoms in total. The Bertz CT molecular complexity index is 1400. The van der Waals surface area contributed by atoms with Gasteiger partial charge < -0.3 is 14.4 Å². The number of aromatic nitrogens is 1. The molecule has 198 valence electrons.